The number of carbonyl (C=O) groups excluding carboxylic acids is 1. The molecule has 1 N–H and O–H groups in total. The Labute approximate surface area is 185 Å². The Morgan fingerprint density at radius 1 is 1.03 bits per heavy atom. The first-order valence-electron chi connectivity index (χ1n) is 10.2. The van der Waals surface area contributed by atoms with Crippen LogP contribution >= 0.6 is 0 Å². The molecule has 0 aliphatic rings. The lowest BCUT2D eigenvalue weighted by molar-refractivity contribution is 0.101. The molecule has 0 saturated carbocycles. The van der Waals surface area contributed by atoms with Crippen LogP contribution in [0.4, 0.5) is 0 Å². The minimum Gasteiger partial charge on any atom is -0.494 e. The summed E-state index contributed by atoms with van der Waals surface area (Å²) in [5.41, 5.74) is 3.25. The van der Waals surface area contributed by atoms with E-state index in [1.165, 1.54) is 6.92 Å². The summed E-state index contributed by atoms with van der Waals surface area (Å²) in [6, 6.07) is 15.0. The average Bonchev–Trinajstić information content (AvgIpc) is 3.08. The number of aryl methyl sites for hydroxylation is 3. The van der Waals surface area contributed by atoms with Crippen molar-refractivity contribution in [2.75, 3.05) is 0 Å². The first-order chi connectivity index (χ1) is 15.2. The molecule has 6 nitrogen and oxygen atoms in total. The Hall–Kier alpha value is -4.11. The van der Waals surface area contributed by atoms with Gasteiger partial charge in [0.2, 0.25) is 11.7 Å². The van der Waals surface area contributed by atoms with Crippen molar-refractivity contribution in [1.82, 2.24) is 4.57 Å². The standard InChI is InChI=1S/C26H22N2O4/c1-14-5-8-18(9-6-14)13-28-25(30)20(12-27)16(3)22(26(28)31)23(29)24-17(4)19-11-15(2)7-10-21(19)32-24/h5-11,31H,13H2,1-4H3. The maximum Gasteiger partial charge on any atom is 0.271 e. The molecule has 2 aromatic carbocycles. The molecule has 32 heavy (non-hydrogen) atoms. The Morgan fingerprint density at radius 2 is 1.69 bits per heavy atom. The summed E-state index contributed by atoms with van der Waals surface area (Å²) in [5.74, 6) is -0.970. The quantitative estimate of drug-likeness (QED) is 0.478. The third-order valence-electron chi connectivity index (χ3n) is 5.79. The van der Waals surface area contributed by atoms with Crippen LogP contribution in [-0.2, 0) is 6.54 Å². The summed E-state index contributed by atoms with van der Waals surface area (Å²) in [7, 11) is 0. The maximum atomic E-state index is 13.5. The highest BCUT2D eigenvalue weighted by Gasteiger charge is 2.28. The number of pyridine rings is 1. The normalized spacial score (nSPS) is 11.0. The minimum atomic E-state index is -0.642. The predicted molar refractivity (Wildman–Crippen MR) is 121 cm³/mol. The number of aromatic nitrogens is 1. The highest BCUT2D eigenvalue weighted by molar-refractivity contribution is 6.12. The first-order valence-corrected chi connectivity index (χ1v) is 10.2. The molecule has 0 aliphatic carbocycles. The molecule has 2 aromatic heterocycles. The second-order valence-corrected chi connectivity index (χ2v) is 8.07. The number of rotatable bonds is 4. The number of hydrogen-bond donors (Lipinski definition) is 1. The van der Waals surface area contributed by atoms with Crippen molar-refractivity contribution in [2.45, 2.75) is 34.2 Å². The van der Waals surface area contributed by atoms with Crippen LogP contribution < -0.4 is 5.56 Å². The summed E-state index contributed by atoms with van der Waals surface area (Å²) >= 11 is 0. The first kappa shape index (κ1) is 21.1. The van der Waals surface area contributed by atoms with E-state index in [1.807, 2.05) is 56.3 Å². The number of aromatic hydroxyl groups is 1. The summed E-state index contributed by atoms with van der Waals surface area (Å²) in [5, 5.41) is 21.4. The lowest BCUT2D eigenvalue weighted by Gasteiger charge is -2.15. The topological polar surface area (TPSA) is 96.2 Å². The Morgan fingerprint density at radius 3 is 2.34 bits per heavy atom. The molecule has 0 aliphatic heterocycles. The van der Waals surface area contributed by atoms with Gasteiger partial charge >= 0.3 is 0 Å². The number of furan rings is 1. The zero-order valence-corrected chi connectivity index (χ0v) is 18.3. The van der Waals surface area contributed by atoms with Crippen LogP contribution in [0.25, 0.3) is 11.0 Å². The fraction of sp³-hybridized carbons (Fsp3) is 0.192. The Kier molecular flexibility index (Phi) is 5.19. The summed E-state index contributed by atoms with van der Waals surface area (Å²) in [4.78, 5) is 26.4. The molecular weight excluding hydrogens is 404 g/mol. The smallest absolute Gasteiger partial charge is 0.271 e. The summed E-state index contributed by atoms with van der Waals surface area (Å²) in [6.07, 6.45) is 0. The van der Waals surface area contributed by atoms with Gasteiger partial charge in [0.1, 0.15) is 17.2 Å². The van der Waals surface area contributed by atoms with Crippen LogP contribution in [-0.4, -0.2) is 15.5 Å². The lowest BCUT2D eigenvalue weighted by Crippen LogP contribution is -2.27. The number of benzene rings is 2. The molecule has 4 aromatic rings. The van der Waals surface area contributed by atoms with Gasteiger partial charge in [-0.05, 0) is 51.0 Å². The molecule has 6 heteroatoms. The molecule has 0 saturated heterocycles. The molecule has 0 bridgehead atoms. The number of nitriles is 1. The van der Waals surface area contributed by atoms with Gasteiger partial charge in [-0.3, -0.25) is 14.2 Å². The Balaban J connectivity index is 1.91. The van der Waals surface area contributed by atoms with Crippen molar-refractivity contribution in [3.8, 4) is 11.9 Å². The van der Waals surface area contributed by atoms with E-state index >= 15 is 0 Å². The van der Waals surface area contributed by atoms with E-state index in [0.29, 0.717) is 11.1 Å². The number of fused-ring (bicyclic) bond motifs is 1. The SMILES string of the molecule is Cc1ccc(Cn2c(O)c(C(=O)c3oc4ccc(C)cc4c3C)c(C)c(C#N)c2=O)cc1. The molecule has 4 rings (SSSR count). The van der Waals surface area contributed by atoms with Crippen LogP contribution in [0.3, 0.4) is 0 Å². The largest absolute Gasteiger partial charge is 0.494 e. The van der Waals surface area contributed by atoms with Crippen molar-refractivity contribution in [3.05, 3.63) is 97.5 Å². The van der Waals surface area contributed by atoms with Crippen molar-refractivity contribution in [1.29, 1.82) is 5.26 Å². The van der Waals surface area contributed by atoms with Gasteiger partial charge in [-0.15, -0.1) is 0 Å². The summed E-state index contributed by atoms with van der Waals surface area (Å²) in [6.45, 7) is 7.19. The van der Waals surface area contributed by atoms with Crippen LogP contribution in [0.2, 0.25) is 0 Å². The van der Waals surface area contributed by atoms with Gasteiger partial charge in [0.15, 0.2) is 5.76 Å². The van der Waals surface area contributed by atoms with E-state index in [9.17, 15) is 20.0 Å². The molecule has 0 radical (unpaired) electrons. The highest BCUT2D eigenvalue weighted by atomic mass is 16.3. The Bertz CT molecular complexity index is 1480. The van der Waals surface area contributed by atoms with Gasteiger partial charge in [0.25, 0.3) is 5.56 Å². The van der Waals surface area contributed by atoms with Gasteiger partial charge in [-0.25, -0.2) is 0 Å². The van der Waals surface area contributed by atoms with E-state index in [0.717, 1.165) is 26.6 Å². The van der Waals surface area contributed by atoms with E-state index in [2.05, 4.69) is 0 Å². The van der Waals surface area contributed by atoms with Crippen molar-refractivity contribution >= 4 is 16.8 Å². The van der Waals surface area contributed by atoms with Gasteiger partial charge in [0, 0.05) is 10.9 Å². The van der Waals surface area contributed by atoms with Gasteiger partial charge in [-0.1, -0.05) is 41.5 Å². The van der Waals surface area contributed by atoms with E-state index < -0.39 is 17.2 Å². The lowest BCUT2D eigenvalue weighted by atomic mass is 9.98. The van der Waals surface area contributed by atoms with E-state index in [-0.39, 0.29) is 29.0 Å². The molecule has 0 fully saturated rings. The zero-order chi connectivity index (χ0) is 23.2. The minimum absolute atomic E-state index is 0.0263. The molecule has 0 atom stereocenters. The fourth-order valence-corrected chi connectivity index (χ4v) is 3.91. The average molecular weight is 426 g/mol. The van der Waals surface area contributed by atoms with Crippen LogP contribution in [0.5, 0.6) is 5.88 Å². The molecule has 160 valence electrons. The van der Waals surface area contributed by atoms with Crippen LogP contribution in [0.15, 0.2) is 51.7 Å². The second kappa shape index (κ2) is 7.86. The third kappa shape index (κ3) is 3.38. The number of hydrogen-bond acceptors (Lipinski definition) is 5. The molecule has 2 heterocycles. The summed E-state index contributed by atoms with van der Waals surface area (Å²) < 4.78 is 6.89. The van der Waals surface area contributed by atoms with Gasteiger partial charge < -0.3 is 9.52 Å². The third-order valence-corrected chi connectivity index (χ3v) is 5.79. The molecule has 0 unspecified atom stereocenters. The van der Waals surface area contributed by atoms with E-state index in [1.54, 1.807) is 13.0 Å². The zero-order valence-electron chi connectivity index (χ0n) is 18.3. The maximum absolute atomic E-state index is 13.5. The number of ketones is 1. The highest BCUT2D eigenvalue weighted by Crippen LogP contribution is 2.31. The van der Waals surface area contributed by atoms with Crippen molar-refractivity contribution in [2.24, 2.45) is 0 Å². The van der Waals surface area contributed by atoms with E-state index in [4.69, 9.17) is 4.42 Å². The molecule has 0 amide bonds. The number of nitrogens with zero attached hydrogens (tertiary/aromatic N) is 2. The van der Waals surface area contributed by atoms with Crippen LogP contribution in [0, 0.1) is 39.0 Å². The predicted octanol–water partition coefficient (Wildman–Crippen LogP) is 4.68. The van der Waals surface area contributed by atoms with Gasteiger partial charge in [-0.2, -0.15) is 5.26 Å². The second-order valence-electron chi connectivity index (χ2n) is 8.07. The van der Waals surface area contributed by atoms with Crippen molar-refractivity contribution in [3.63, 3.8) is 0 Å². The van der Waals surface area contributed by atoms with Crippen LogP contribution in [0.1, 0.15) is 49.5 Å². The van der Waals surface area contributed by atoms with Crippen molar-refractivity contribution < 1.29 is 14.3 Å². The molecule has 0 spiro atoms. The number of carbonyl (C=O) groups is 1. The fourth-order valence-electron chi connectivity index (χ4n) is 3.91. The van der Waals surface area contributed by atoms with Gasteiger partial charge in [0.05, 0.1) is 12.1 Å². The molecular formula is C26H22N2O4. The monoisotopic (exact) mass is 426 g/mol.